The Balaban J connectivity index is 1.79. The number of hydrogen-bond donors (Lipinski definition) is 0. The third-order valence-corrected chi connectivity index (χ3v) is 4.95. The highest BCUT2D eigenvalue weighted by atomic mass is 19.3. The number of aryl methyl sites for hydroxylation is 1. The maximum atomic E-state index is 14.3. The molecular weight excluding hydrogens is 318 g/mol. The third-order valence-electron chi connectivity index (χ3n) is 4.95. The fourth-order valence-electron chi connectivity index (χ4n) is 3.81. The van der Waals surface area contributed by atoms with Crippen molar-refractivity contribution in [2.75, 3.05) is 26.2 Å². The fraction of sp³-hybridized carbons (Fsp3) is 0.688. The van der Waals surface area contributed by atoms with E-state index in [-0.39, 0.29) is 18.9 Å². The molecule has 1 spiro atoms. The lowest BCUT2D eigenvalue weighted by Crippen LogP contribution is -2.57. The molecule has 0 N–H and O–H groups in total. The van der Waals surface area contributed by atoms with Crippen molar-refractivity contribution >= 4 is 11.8 Å². The van der Waals surface area contributed by atoms with Gasteiger partial charge in [0.1, 0.15) is 0 Å². The number of carbonyl (C=O) groups excluding carboxylic acids is 2. The SMILES string of the molecule is CCN1CC[C@]2(CN(C(=O)Cc3ccn(C)n3)CC(F)(F)C2)C1=O. The number of carbonyl (C=O) groups is 2. The Hall–Kier alpha value is -1.99. The minimum absolute atomic E-state index is 0.0291. The first-order valence-corrected chi connectivity index (χ1v) is 8.18. The second-order valence-electron chi connectivity index (χ2n) is 6.86. The monoisotopic (exact) mass is 340 g/mol. The summed E-state index contributed by atoms with van der Waals surface area (Å²) in [7, 11) is 1.73. The molecule has 0 aromatic carbocycles. The van der Waals surface area contributed by atoms with Gasteiger partial charge in [0.05, 0.1) is 24.1 Å². The van der Waals surface area contributed by atoms with Crippen molar-refractivity contribution in [2.45, 2.75) is 32.1 Å². The summed E-state index contributed by atoms with van der Waals surface area (Å²) in [6, 6.07) is 1.69. The van der Waals surface area contributed by atoms with Crippen LogP contribution in [-0.2, 0) is 23.1 Å². The Kier molecular flexibility index (Phi) is 4.09. The summed E-state index contributed by atoms with van der Waals surface area (Å²) in [6.07, 6.45) is 1.58. The number of amides is 2. The zero-order valence-corrected chi connectivity index (χ0v) is 14.0. The summed E-state index contributed by atoms with van der Waals surface area (Å²) in [5.74, 6) is -3.70. The predicted octanol–water partition coefficient (Wildman–Crippen LogP) is 1.07. The molecule has 132 valence electrons. The molecule has 2 aliphatic heterocycles. The molecule has 0 bridgehead atoms. The van der Waals surface area contributed by atoms with Gasteiger partial charge in [-0.3, -0.25) is 14.3 Å². The molecule has 3 rings (SSSR count). The van der Waals surface area contributed by atoms with Crippen molar-refractivity contribution in [3.8, 4) is 0 Å². The van der Waals surface area contributed by atoms with Gasteiger partial charge in [0, 0.05) is 39.3 Å². The number of piperidine rings is 1. The first kappa shape index (κ1) is 16.9. The molecule has 8 heteroatoms. The van der Waals surface area contributed by atoms with E-state index in [1.54, 1.807) is 28.9 Å². The van der Waals surface area contributed by atoms with Crippen LogP contribution >= 0.6 is 0 Å². The van der Waals surface area contributed by atoms with Crippen molar-refractivity contribution in [3.63, 3.8) is 0 Å². The lowest BCUT2D eigenvalue weighted by Gasteiger charge is -2.42. The van der Waals surface area contributed by atoms with Crippen molar-refractivity contribution < 1.29 is 18.4 Å². The van der Waals surface area contributed by atoms with Gasteiger partial charge in [-0.1, -0.05) is 0 Å². The molecule has 2 aliphatic rings. The van der Waals surface area contributed by atoms with Crippen LogP contribution in [0.15, 0.2) is 12.3 Å². The summed E-state index contributed by atoms with van der Waals surface area (Å²) in [6.45, 7) is 2.27. The van der Waals surface area contributed by atoms with E-state index in [0.717, 1.165) is 4.90 Å². The number of rotatable bonds is 3. The molecule has 24 heavy (non-hydrogen) atoms. The van der Waals surface area contributed by atoms with E-state index in [1.165, 1.54) is 0 Å². The van der Waals surface area contributed by atoms with E-state index in [1.807, 2.05) is 6.92 Å². The molecule has 3 heterocycles. The molecule has 0 saturated carbocycles. The van der Waals surface area contributed by atoms with Gasteiger partial charge in [0.2, 0.25) is 11.8 Å². The Labute approximate surface area is 139 Å². The van der Waals surface area contributed by atoms with Gasteiger partial charge in [-0.15, -0.1) is 0 Å². The second-order valence-corrected chi connectivity index (χ2v) is 6.86. The quantitative estimate of drug-likeness (QED) is 0.827. The zero-order valence-electron chi connectivity index (χ0n) is 14.0. The molecule has 0 radical (unpaired) electrons. The van der Waals surface area contributed by atoms with Gasteiger partial charge in [0.25, 0.3) is 5.92 Å². The van der Waals surface area contributed by atoms with Gasteiger partial charge in [-0.2, -0.15) is 5.10 Å². The zero-order chi connectivity index (χ0) is 17.5. The summed E-state index contributed by atoms with van der Waals surface area (Å²) in [5.41, 5.74) is -0.601. The van der Waals surface area contributed by atoms with Crippen LogP contribution in [0.2, 0.25) is 0 Å². The molecule has 6 nitrogen and oxygen atoms in total. The van der Waals surface area contributed by atoms with E-state index in [9.17, 15) is 18.4 Å². The van der Waals surface area contributed by atoms with Crippen LogP contribution in [0.4, 0.5) is 8.78 Å². The van der Waals surface area contributed by atoms with Gasteiger partial charge in [0.15, 0.2) is 0 Å². The van der Waals surface area contributed by atoms with Crippen molar-refractivity contribution in [3.05, 3.63) is 18.0 Å². The molecule has 0 unspecified atom stereocenters. The topological polar surface area (TPSA) is 58.4 Å². The summed E-state index contributed by atoms with van der Waals surface area (Å²) < 4.78 is 30.1. The van der Waals surface area contributed by atoms with Crippen LogP contribution < -0.4 is 0 Å². The molecule has 2 fully saturated rings. The van der Waals surface area contributed by atoms with Crippen LogP contribution in [0.5, 0.6) is 0 Å². The Morgan fingerprint density at radius 1 is 1.38 bits per heavy atom. The average molecular weight is 340 g/mol. The molecule has 1 aromatic heterocycles. The lowest BCUT2D eigenvalue weighted by molar-refractivity contribution is -0.162. The maximum absolute atomic E-state index is 14.3. The number of halogens is 2. The van der Waals surface area contributed by atoms with Crippen LogP contribution in [0, 0.1) is 5.41 Å². The summed E-state index contributed by atoms with van der Waals surface area (Å²) in [4.78, 5) is 27.8. The van der Waals surface area contributed by atoms with Gasteiger partial charge >= 0.3 is 0 Å². The number of alkyl halides is 2. The van der Waals surface area contributed by atoms with E-state index in [0.29, 0.717) is 25.2 Å². The summed E-state index contributed by atoms with van der Waals surface area (Å²) in [5, 5.41) is 4.12. The second kappa shape index (κ2) is 5.82. The lowest BCUT2D eigenvalue weighted by atomic mass is 9.77. The minimum Gasteiger partial charge on any atom is -0.342 e. The highest BCUT2D eigenvalue weighted by Crippen LogP contribution is 2.45. The van der Waals surface area contributed by atoms with Crippen LogP contribution in [-0.4, -0.2) is 63.5 Å². The smallest absolute Gasteiger partial charge is 0.266 e. The Morgan fingerprint density at radius 2 is 2.12 bits per heavy atom. The third kappa shape index (κ3) is 3.01. The molecule has 1 atom stereocenters. The average Bonchev–Trinajstić information content (AvgIpc) is 3.02. The standard InChI is InChI=1S/C16H22F2N4O2/c1-3-21-7-5-15(14(21)24)9-16(17,18)11-22(10-15)13(23)8-12-4-6-20(2)19-12/h4,6H,3,5,7-11H2,1-2H3/t15-/m0/s1. The first-order valence-electron chi connectivity index (χ1n) is 8.18. The number of nitrogens with zero attached hydrogens (tertiary/aromatic N) is 4. The van der Waals surface area contributed by atoms with Crippen molar-refractivity contribution in [1.82, 2.24) is 19.6 Å². The normalized spacial score (nSPS) is 26.4. The van der Waals surface area contributed by atoms with Crippen LogP contribution in [0.1, 0.15) is 25.5 Å². The predicted molar refractivity (Wildman–Crippen MR) is 82.4 cm³/mol. The minimum atomic E-state index is -3.04. The molecule has 2 amide bonds. The van der Waals surface area contributed by atoms with E-state index in [4.69, 9.17) is 0 Å². The number of hydrogen-bond acceptors (Lipinski definition) is 3. The fourth-order valence-corrected chi connectivity index (χ4v) is 3.81. The molecule has 1 aromatic rings. The van der Waals surface area contributed by atoms with Crippen molar-refractivity contribution in [1.29, 1.82) is 0 Å². The maximum Gasteiger partial charge on any atom is 0.266 e. The highest BCUT2D eigenvalue weighted by molar-refractivity contribution is 5.87. The summed E-state index contributed by atoms with van der Waals surface area (Å²) >= 11 is 0. The van der Waals surface area contributed by atoms with Crippen LogP contribution in [0.3, 0.4) is 0 Å². The Morgan fingerprint density at radius 3 is 2.71 bits per heavy atom. The van der Waals surface area contributed by atoms with Gasteiger partial charge in [-0.05, 0) is 19.4 Å². The van der Waals surface area contributed by atoms with Gasteiger partial charge < -0.3 is 9.80 Å². The number of aromatic nitrogens is 2. The van der Waals surface area contributed by atoms with E-state index >= 15 is 0 Å². The highest BCUT2D eigenvalue weighted by Gasteiger charge is 2.57. The number of likely N-dealkylation sites (tertiary alicyclic amines) is 2. The molecular formula is C16H22F2N4O2. The van der Waals surface area contributed by atoms with Crippen molar-refractivity contribution in [2.24, 2.45) is 12.5 Å². The molecule has 2 saturated heterocycles. The van der Waals surface area contributed by atoms with E-state index < -0.39 is 30.2 Å². The first-order chi connectivity index (χ1) is 11.2. The largest absolute Gasteiger partial charge is 0.342 e. The molecule has 0 aliphatic carbocycles. The van der Waals surface area contributed by atoms with Gasteiger partial charge in [-0.25, -0.2) is 8.78 Å². The van der Waals surface area contributed by atoms with Crippen LogP contribution in [0.25, 0.3) is 0 Å². The Bertz CT molecular complexity index is 660. The van der Waals surface area contributed by atoms with E-state index in [2.05, 4.69) is 5.10 Å².